The lowest BCUT2D eigenvalue weighted by atomic mass is 9.84. The number of sulfonamides is 1. The number of piperidine rings is 1. The zero-order valence-electron chi connectivity index (χ0n) is 38.4. The molecule has 3 N–H and O–H groups in total. The van der Waals surface area contributed by atoms with Crippen LogP contribution in [0, 0.1) is 29.1 Å². The lowest BCUT2D eigenvalue weighted by molar-refractivity contribution is -0.142. The van der Waals surface area contributed by atoms with Crippen LogP contribution in [0.2, 0.25) is 0 Å². The number of nitrogens with zero attached hydrogens (tertiary/aromatic N) is 3. The normalized spacial score (nSPS) is 33.7. The van der Waals surface area contributed by atoms with Crippen LogP contribution in [-0.2, 0) is 40.3 Å². The van der Waals surface area contributed by atoms with E-state index in [9.17, 15) is 27.6 Å². The molecule has 3 saturated heterocycles. The Morgan fingerprint density at radius 2 is 1.77 bits per heavy atom. The first-order valence-electron chi connectivity index (χ1n) is 23.8. The molecule has 5 heterocycles. The van der Waals surface area contributed by atoms with Crippen LogP contribution in [0.1, 0.15) is 98.0 Å². The Bertz CT molecular complexity index is 2320. The van der Waals surface area contributed by atoms with Crippen molar-refractivity contribution in [1.29, 1.82) is 0 Å². The van der Waals surface area contributed by atoms with E-state index in [4.69, 9.17) is 23.9 Å². The number of carbonyl (C=O) groups excluding carboxylic acids is 4. The van der Waals surface area contributed by atoms with Gasteiger partial charge in [-0.2, -0.15) is 0 Å². The number of hydrogen-bond acceptors (Lipinski definition) is 12. The van der Waals surface area contributed by atoms with Crippen molar-refractivity contribution < 1.29 is 46.5 Å². The molecule has 7 aliphatic rings. The van der Waals surface area contributed by atoms with Gasteiger partial charge < -0.3 is 39.4 Å². The third-order valence-corrected chi connectivity index (χ3v) is 17.3. The van der Waals surface area contributed by atoms with Gasteiger partial charge in [-0.25, -0.2) is 18.2 Å². The molecule has 17 heteroatoms. The number of para-hydroxylation sites is 1. The summed E-state index contributed by atoms with van der Waals surface area (Å²) in [5, 5.41) is 6.62. The van der Waals surface area contributed by atoms with Gasteiger partial charge in [-0.1, -0.05) is 58.7 Å². The Hall–Kier alpha value is -4.48. The third kappa shape index (κ3) is 9.05. The molecular formula is C48H66N6O10S. The Morgan fingerprint density at radius 1 is 1.03 bits per heavy atom. The van der Waals surface area contributed by atoms with Crippen LogP contribution >= 0.6 is 0 Å². The van der Waals surface area contributed by atoms with Gasteiger partial charge in [0.2, 0.25) is 27.7 Å². The fraction of sp³-hybridized carbons (Fsp3) is 0.688. The van der Waals surface area contributed by atoms with E-state index in [0.29, 0.717) is 43.9 Å². The SMILES string of the molecule is C=C[C@@H]1C[C@]1(NC(=O)[C@@H]1C[C@@H]2CN1C(=O)[C@H](C(C)(C)C)NC(=O)O[C@@H]1C[C@H]1CCCCCc1c(nc3ccccc3c1OC1C3COCC1CN(CC)C3)O2)C(=O)NS(=O)(=O)C1(C)CC1. The molecule has 2 aromatic rings. The van der Waals surface area contributed by atoms with E-state index in [1.54, 1.807) is 6.92 Å². The van der Waals surface area contributed by atoms with Crippen molar-refractivity contribution in [3.8, 4) is 11.6 Å². The second-order valence-electron chi connectivity index (χ2n) is 21.1. The minimum atomic E-state index is -4.02. The maximum Gasteiger partial charge on any atom is 0.408 e. The second-order valence-corrected chi connectivity index (χ2v) is 23.3. The molecule has 9 atom stereocenters. The molecule has 16 nitrogen and oxygen atoms in total. The van der Waals surface area contributed by atoms with Crippen molar-refractivity contribution in [2.75, 3.05) is 39.4 Å². The Kier molecular flexibility index (Phi) is 12.2. The van der Waals surface area contributed by atoms with E-state index in [1.807, 2.05) is 45.0 Å². The number of pyridine rings is 1. The minimum Gasteiger partial charge on any atom is -0.488 e. The number of carbonyl (C=O) groups is 4. The molecule has 3 saturated carbocycles. The second kappa shape index (κ2) is 17.3. The van der Waals surface area contributed by atoms with Crippen molar-refractivity contribution in [2.24, 2.45) is 29.1 Å². The van der Waals surface area contributed by atoms with Crippen molar-refractivity contribution in [1.82, 2.24) is 30.1 Å². The average molecular weight is 919 g/mol. The first-order valence-corrected chi connectivity index (χ1v) is 25.3. The van der Waals surface area contributed by atoms with Crippen LogP contribution < -0.4 is 24.8 Å². The summed E-state index contributed by atoms with van der Waals surface area (Å²) < 4.78 is 53.8. The predicted octanol–water partition coefficient (Wildman–Crippen LogP) is 4.63. The Labute approximate surface area is 382 Å². The lowest BCUT2D eigenvalue weighted by Gasteiger charge is -2.46. The molecule has 1 aromatic carbocycles. The number of amides is 4. The summed E-state index contributed by atoms with van der Waals surface area (Å²) in [4.78, 5) is 66.1. The van der Waals surface area contributed by atoms with Gasteiger partial charge in [0.1, 0.15) is 41.7 Å². The molecule has 354 valence electrons. The highest BCUT2D eigenvalue weighted by Crippen LogP contribution is 2.48. The first kappa shape index (κ1) is 45.7. The monoisotopic (exact) mass is 918 g/mol. The molecule has 4 amide bonds. The summed E-state index contributed by atoms with van der Waals surface area (Å²) in [5.74, 6) is -0.831. The van der Waals surface area contributed by atoms with Gasteiger partial charge in [-0.3, -0.25) is 19.1 Å². The number of rotatable bonds is 9. The summed E-state index contributed by atoms with van der Waals surface area (Å²) in [5.41, 5.74) is -0.861. The van der Waals surface area contributed by atoms with Crippen molar-refractivity contribution in [3.63, 3.8) is 0 Å². The Morgan fingerprint density at radius 3 is 2.45 bits per heavy atom. The quantitative estimate of drug-likeness (QED) is 0.296. The van der Waals surface area contributed by atoms with Crippen LogP contribution in [0.3, 0.4) is 0 Å². The number of likely N-dealkylation sites (tertiary alicyclic amines) is 1. The largest absolute Gasteiger partial charge is 0.488 e. The van der Waals surface area contributed by atoms with Gasteiger partial charge in [0, 0.05) is 42.7 Å². The number of hydrogen-bond donors (Lipinski definition) is 3. The van der Waals surface area contributed by atoms with Gasteiger partial charge in [-0.05, 0) is 81.9 Å². The van der Waals surface area contributed by atoms with E-state index in [-0.39, 0.29) is 49.3 Å². The number of ether oxygens (including phenoxy) is 4. The van der Waals surface area contributed by atoms with E-state index < -0.39 is 73.6 Å². The van der Waals surface area contributed by atoms with Gasteiger partial charge in [0.25, 0.3) is 5.91 Å². The summed E-state index contributed by atoms with van der Waals surface area (Å²) >= 11 is 0. The molecule has 65 heavy (non-hydrogen) atoms. The van der Waals surface area contributed by atoms with Crippen molar-refractivity contribution >= 4 is 44.7 Å². The summed E-state index contributed by atoms with van der Waals surface area (Å²) in [6, 6.07) is 5.63. The van der Waals surface area contributed by atoms with E-state index in [1.165, 1.54) is 11.0 Å². The number of benzene rings is 1. The van der Waals surface area contributed by atoms with E-state index >= 15 is 0 Å². The molecule has 4 bridgehead atoms. The highest BCUT2D eigenvalue weighted by Gasteiger charge is 2.63. The van der Waals surface area contributed by atoms with Crippen LogP contribution in [-0.4, -0.2) is 127 Å². The first-order chi connectivity index (χ1) is 30.9. The van der Waals surface area contributed by atoms with Crippen LogP contribution in [0.4, 0.5) is 4.79 Å². The molecule has 1 aromatic heterocycles. The summed E-state index contributed by atoms with van der Waals surface area (Å²) in [6.45, 7) is 17.0. The van der Waals surface area contributed by atoms with E-state index in [2.05, 4.69) is 33.8 Å². The highest BCUT2D eigenvalue weighted by atomic mass is 32.2. The standard InChI is InChI=1S/C48H66N6O10S/c1-7-31-22-48(31,44(57)52-65(59,60)47(6)18-19-47)51-41(55)36-21-32-25-54(36)43(56)40(46(3,4)5)50-45(58)63-37-20-28(37)14-10-9-11-16-34-39(33-15-12-13-17-35(33)49-42(34)62-32)64-38-29-23-53(8-2)24-30(38)27-61-26-29/h7,12-13,15,17,28-32,36-38,40H,1,8-11,14,16,18-27H2,2-6H3,(H,50,58)(H,51,55)(H,52,57)/t28-,29?,30?,31-,32-,36+,37-,38?,40-,48-/m1/s1. The number of nitrogens with one attached hydrogen (secondary N) is 3. The molecule has 9 rings (SSSR count). The zero-order valence-corrected chi connectivity index (χ0v) is 39.3. The van der Waals surface area contributed by atoms with Gasteiger partial charge in [0.15, 0.2) is 0 Å². The number of aromatic nitrogens is 1. The van der Waals surface area contributed by atoms with Gasteiger partial charge >= 0.3 is 6.09 Å². The summed E-state index contributed by atoms with van der Waals surface area (Å²) in [7, 11) is -4.02. The number of fused-ring (bicyclic) bond motifs is 7. The van der Waals surface area contributed by atoms with E-state index in [0.717, 1.165) is 68.4 Å². The molecule has 4 aliphatic heterocycles. The Balaban J connectivity index is 1.07. The molecule has 6 fully saturated rings. The van der Waals surface area contributed by atoms with Crippen LogP contribution in [0.5, 0.6) is 11.6 Å². The maximum absolute atomic E-state index is 15.0. The lowest BCUT2D eigenvalue weighted by Crippen LogP contribution is -2.60. The molecule has 3 aliphatic carbocycles. The highest BCUT2D eigenvalue weighted by molar-refractivity contribution is 7.91. The molecule has 0 radical (unpaired) electrons. The zero-order chi connectivity index (χ0) is 46.1. The van der Waals surface area contributed by atoms with Gasteiger partial charge in [-0.15, -0.1) is 6.58 Å². The number of alkyl carbamates (subject to hydrolysis) is 1. The van der Waals surface area contributed by atoms with Crippen LogP contribution in [0.15, 0.2) is 36.9 Å². The van der Waals surface area contributed by atoms with Crippen molar-refractivity contribution in [3.05, 3.63) is 42.5 Å². The summed E-state index contributed by atoms with van der Waals surface area (Å²) in [6.07, 6.45) is 5.77. The maximum atomic E-state index is 15.0. The van der Waals surface area contributed by atoms with Gasteiger partial charge in [0.05, 0.1) is 35.6 Å². The predicted molar refractivity (Wildman–Crippen MR) is 241 cm³/mol. The van der Waals surface area contributed by atoms with Crippen molar-refractivity contribution in [2.45, 2.75) is 140 Å². The molecular weight excluding hydrogens is 853 g/mol. The fourth-order valence-electron chi connectivity index (χ4n) is 10.5. The minimum absolute atomic E-state index is 0.0244. The molecule has 0 spiro atoms. The fourth-order valence-corrected chi connectivity index (χ4v) is 11.9. The molecule has 2 unspecified atom stereocenters. The van der Waals surface area contributed by atoms with Crippen LogP contribution in [0.25, 0.3) is 10.9 Å². The third-order valence-electron chi connectivity index (χ3n) is 15.2. The smallest absolute Gasteiger partial charge is 0.408 e. The topological polar surface area (TPSA) is 195 Å². The average Bonchev–Trinajstić information content (AvgIpc) is 4.22.